The van der Waals surface area contributed by atoms with E-state index in [1.54, 1.807) is 23.9 Å². The molecule has 1 heterocycles. The first kappa shape index (κ1) is 19.6. The number of nitrogens with zero attached hydrogens (tertiary/aromatic N) is 2. The summed E-state index contributed by atoms with van der Waals surface area (Å²) in [6, 6.07) is 17.7. The quantitative estimate of drug-likeness (QED) is 0.788. The molecule has 2 aliphatic rings. The average Bonchev–Trinajstić information content (AvgIpc) is 3.49. The molecule has 0 saturated heterocycles. The van der Waals surface area contributed by atoms with E-state index in [1.807, 2.05) is 54.6 Å². The molecule has 0 radical (unpaired) electrons. The Morgan fingerprint density at radius 3 is 2.41 bits per heavy atom. The van der Waals surface area contributed by atoms with E-state index in [1.165, 1.54) is 0 Å². The van der Waals surface area contributed by atoms with Crippen LogP contribution in [0.2, 0.25) is 0 Å². The Morgan fingerprint density at radius 2 is 1.76 bits per heavy atom. The highest BCUT2D eigenvalue weighted by Crippen LogP contribution is 2.47. The lowest BCUT2D eigenvalue weighted by molar-refractivity contribution is -0.136. The Labute approximate surface area is 171 Å². The largest absolute Gasteiger partial charge is 0.396 e. The fraction of sp³-hybridized carbons (Fsp3) is 0.417. The van der Waals surface area contributed by atoms with Crippen LogP contribution in [-0.4, -0.2) is 49.1 Å². The first-order valence-electron chi connectivity index (χ1n) is 10.2. The molecule has 2 aromatic carbocycles. The van der Waals surface area contributed by atoms with Crippen molar-refractivity contribution in [2.24, 2.45) is 5.41 Å². The summed E-state index contributed by atoms with van der Waals surface area (Å²) in [6.45, 7) is 0.639. The topological polar surface area (TPSA) is 60.9 Å². The monoisotopic (exact) mass is 392 g/mol. The zero-order valence-electron chi connectivity index (χ0n) is 17.1. The van der Waals surface area contributed by atoms with Gasteiger partial charge in [0.15, 0.2) is 0 Å². The summed E-state index contributed by atoms with van der Waals surface area (Å²) in [5, 5.41) is 9.63. The molecule has 0 spiro atoms. The van der Waals surface area contributed by atoms with E-state index < -0.39 is 5.41 Å². The zero-order valence-corrected chi connectivity index (χ0v) is 17.1. The van der Waals surface area contributed by atoms with Crippen LogP contribution in [0.15, 0.2) is 54.6 Å². The fourth-order valence-corrected chi connectivity index (χ4v) is 4.59. The van der Waals surface area contributed by atoms with E-state index >= 15 is 0 Å². The average molecular weight is 392 g/mol. The Morgan fingerprint density at radius 1 is 1.10 bits per heavy atom. The van der Waals surface area contributed by atoms with Gasteiger partial charge in [-0.3, -0.25) is 9.59 Å². The van der Waals surface area contributed by atoms with Gasteiger partial charge in [-0.25, -0.2) is 0 Å². The minimum absolute atomic E-state index is 0.0346. The van der Waals surface area contributed by atoms with Crippen LogP contribution in [0.25, 0.3) is 0 Å². The third-order valence-corrected chi connectivity index (χ3v) is 6.59. The van der Waals surface area contributed by atoms with E-state index in [0.29, 0.717) is 13.0 Å². The Bertz CT molecular complexity index is 923. The molecule has 4 rings (SSSR count). The van der Waals surface area contributed by atoms with Crippen molar-refractivity contribution in [3.05, 3.63) is 65.7 Å². The van der Waals surface area contributed by atoms with Gasteiger partial charge in [0.05, 0.1) is 12.0 Å². The van der Waals surface area contributed by atoms with Crippen molar-refractivity contribution in [3.8, 4) is 0 Å². The Balaban J connectivity index is 1.68. The molecule has 29 heavy (non-hydrogen) atoms. The number of hydrogen-bond acceptors (Lipinski definition) is 3. The van der Waals surface area contributed by atoms with Gasteiger partial charge in [-0.1, -0.05) is 48.5 Å². The molecule has 0 aromatic heterocycles. The SMILES string of the molecule is CN(CC1(CO)CC1)C(=O)C[C@@]1(Cc2ccccc2)C(=O)N(C)c2ccccc21. The fourth-order valence-electron chi connectivity index (χ4n) is 4.59. The van der Waals surface area contributed by atoms with Gasteiger partial charge < -0.3 is 14.9 Å². The molecule has 1 atom stereocenters. The lowest BCUT2D eigenvalue weighted by Gasteiger charge is -2.31. The van der Waals surface area contributed by atoms with Crippen molar-refractivity contribution in [1.82, 2.24) is 4.90 Å². The van der Waals surface area contributed by atoms with Gasteiger partial charge in [-0.2, -0.15) is 0 Å². The maximum Gasteiger partial charge on any atom is 0.238 e. The summed E-state index contributed by atoms with van der Waals surface area (Å²) < 4.78 is 0. The number of rotatable bonds is 7. The number of carbonyl (C=O) groups excluding carboxylic acids is 2. The Kier molecular flexibility index (Phi) is 4.95. The number of benzene rings is 2. The highest BCUT2D eigenvalue weighted by molar-refractivity contribution is 6.09. The highest BCUT2D eigenvalue weighted by atomic mass is 16.3. The number of aliphatic hydroxyl groups is 1. The number of para-hydroxylation sites is 1. The molecule has 1 N–H and O–H groups in total. The number of fused-ring (bicyclic) bond motifs is 1. The summed E-state index contributed by atoms with van der Waals surface area (Å²) >= 11 is 0. The number of anilines is 1. The molecule has 1 fully saturated rings. The van der Waals surface area contributed by atoms with Crippen LogP contribution in [0.5, 0.6) is 0 Å². The highest BCUT2D eigenvalue weighted by Gasteiger charge is 2.51. The predicted octanol–water partition coefficient (Wildman–Crippen LogP) is 2.76. The molecular formula is C24H28N2O3. The van der Waals surface area contributed by atoms with Gasteiger partial charge in [-0.05, 0) is 36.5 Å². The molecular weight excluding hydrogens is 364 g/mol. The van der Waals surface area contributed by atoms with E-state index in [0.717, 1.165) is 29.7 Å². The molecule has 2 amide bonds. The third kappa shape index (κ3) is 3.44. The molecule has 5 nitrogen and oxygen atoms in total. The van der Waals surface area contributed by atoms with Crippen LogP contribution in [0.3, 0.4) is 0 Å². The van der Waals surface area contributed by atoms with Crippen LogP contribution >= 0.6 is 0 Å². The predicted molar refractivity (Wildman–Crippen MR) is 113 cm³/mol. The number of carbonyl (C=O) groups is 2. The van der Waals surface area contributed by atoms with Gasteiger partial charge in [0.25, 0.3) is 0 Å². The normalized spacial score (nSPS) is 21.8. The molecule has 0 unspecified atom stereocenters. The zero-order chi connectivity index (χ0) is 20.6. The van der Waals surface area contributed by atoms with Gasteiger partial charge >= 0.3 is 0 Å². The van der Waals surface area contributed by atoms with Crippen molar-refractivity contribution in [2.75, 3.05) is 32.1 Å². The van der Waals surface area contributed by atoms with Crippen molar-refractivity contribution in [3.63, 3.8) is 0 Å². The molecule has 2 aromatic rings. The van der Waals surface area contributed by atoms with E-state index in [-0.39, 0.29) is 30.3 Å². The lowest BCUT2D eigenvalue weighted by Crippen LogP contribution is -2.45. The van der Waals surface area contributed by atoms with Crippen molar-refractivity contribution < 1.29 is 14.7 Å². The first-order valence-corrected chi connectivity index (χ1v) is 10.2. The minimum atomic E-state index is -0.909. The summed E-state index contributed by atoms with van der Waals surface area (Å²) in [4.78, 5) is 30.1. The third-order valence-electron chi connectivity index (χ3n) is 6.59. The standard InChI is InChI=1S/C24H28N2O3/c1-25(16-23(17-27)12-13-23)21(28)15-24(14-18-8-4-3-5-9-18)19-10-6-7-11-20(19)26(2)22(24)29/h3-11,27H,12-17H2,1-2H3/t24-/m1/s1. The van der Waals surface area contributed by atoms with Crippen LogP contribution in [-0.2, 0) is 21.4 Å². The second-order valence-electron chi connectivity index (χ2n) is 8.71. The van der Waals surface area contributed by atoms with Gasteiger partial charge in [0.2, 0.25) is 11.8 Å². The smallest absolute Gasteiger partial charge is 0.238 e. The molecule has 1 aliphatic carbocycles. The number of likely N-dealkylation sites (N-methyl/N-ethyl adjacent to an activating group) is 1. The summed E-state index contributed by atoms with van der Waals surface area (Å²) in [5.74, 6) is -0.0910. The van der Waals surface area contributed by atoms with Crippen LogP contribution in [0.1, 0.15) is 30.4 Å². The second kappa shape index (κ2) is 7.30. The maximum atomic E-state index is 13.5. The van der Waals surface area contributed by atoms with Gasteiger partial charge in [-0.15, -0.1) is 0 Å². The second-order valence-corrected chi connectivity index (χ2v) is 8.71. The molecule has 5 heteroatoms. The van der Waals surface area contributed by atoms with Crippen molar-refractivity contribution in [2.45, 2.75) is 31.1 Å². The van der Waals surface area contributed by atoms with Crippen molar-refractivity contribution >= 4 is 17.5 Å². The minimum Gasteiger partial charge on any atom is -0.396 e. The van der Waals surface area contributed by atoms with E-state index in [4.69, 9.17) is 0 Å². The van der Waals surface area contributed by atoms with Crippen LogP contribution < -0.4 is 4.90 Å². The first-order chi connectivity index (χ1) is 13.9. The molecule has 1 aliphatic heterocycles. The van der Waals surface area contributed by atoms with Crippen LogP contribution in [0, 0.1) is 5.41 Å². The van der Waals surface area contributed by atoms with Gasteiger partial charge in [0, 0.05) is 38.2 Å². The van der Waals surface area contributed by atoms with Crippen molar-refractivity contribution in [1.29, 1.82) is 0 Å². The van der Waals surface area contributed by atoms with Gasteiger partial charge in [0.1, 0.15) is 0 Å². The molecule has 0 bridgehead atoms. The number of amides is 2. The summed E-state index contributed by atoms with van der Waals surface area (Å²) in [6.07, 6.45) is 2.50. The molecule has 152 valence electrons. The Hall–Kier alpha value is -2.66. The number of hydrogen-bond donors (Lipinski definition) is 1. The summed E-state index contributed by atoms with van der Waals surface area (Å²) in [7, 11) is 3.57. The van der Waals surface area contributed by atoms with Crippen LogP contribution in [0.4, 0.5) is 5.69 Å². The number of aliphatic hydroxyl groups excluding tert-OH is 1. The van der Waals surface area contributed by atoms with E-state index in [2.05, 4.69) is 0 Å². The lowest BCUT2D eigenvalue weighted by atomic mass is 9.73. The molecule has 1 saturated carbocycles. The van der Waals surface area contributed by atoms with E-state index in [9.17, 15) is 14.7 Å². The maximum absolute atomic E-state index is 13.5. The summed E-state index contributed by atoms with van der Waals surface area (Å²) in [5.41, 5.74) is 1.77.